The number of aliphatic hydroxyl groups is 1. The molecule has 2 aliphatic heterocycles. The molecule has 4 rings (SSSR count). The van der Waals surface area contributed by atoms with Crippen LogP contribution in [-0.4, -0.2) is 62.8 Å². The molecule has 3 atom stereocenters. The van der Waals surface area contributed by atoms with E-state index in [1.807, 2.05) is 0 Å². The maximum absolute atomic E-state index is 15.6. The summed E-state index contributed by atoms with van der Waals surface area (Å²) in [6, 6.07) is 5.92. The molecule has 2 fully saturated rings. The molecule has 0 aromatic heterocycles. The van der Waals surface area contributed by atoms with Gasteiger partial charge in [0, 0.05) is 24.2 Å². The fourth-order valence-corrected chi connectivity index (χ4v) is 5.96. The van der Waals surface area contributed by atoms with Gasteiger partial charge >= 0.3 is 0 Å². The van der Waals surface area contributed by atoms with Crippen LogP contribution in [0.4, 0.5) is 13.2 Å². The largest absolute Gasteiger partial charge is 0.381 e. The Morgan fingerprint density at radius 2 is 1.89 bits per heavy atom. The predicted octanol–water partition coefficient (Wildman–Crippen LogP) is 3.00. The number of carbonyl (C=O) groups excluding carboxylic acids is 1. The van der Waals surface area contributed by atoms with Crippen LogP contribution in [0.3, 0.4) is 0 Å². The van der Waals surface area contributed by atoms with Crippen LogP contribution < -0.4 is 4.72 Å². The van der Waals surface area contributed by atoms with Gasteiger partial charge in [-0.2, -0.15) is 0 Å². The zero-order chi connectivity index (χ0) is 25.5. The molecule has 11 heteroatoms. The lowest BCUT2D eigenvalue weighted by Gasteiger charge is -2.35. The maximum Gasteiger partial charge on any atom is 0.254 e. The van der Waals surface area contributed by atoms with Gasteiger partial charge in [-0.15, -0.1) is 0 Å². The molecule has 2 heterocycles. The van der Waals surface area contributed by atoms with Crippen molar-refractivity contribution in [3.63, 3.8) is 0 Å². The highest BCUT2D eigenvalue weighted by atomic mass is 32.2. The molecule has 3 N–H and O–H groups in total. The van der Waals surface area contributed by atoms with Crippen molar-refractivity contribution in [3.8, 4) is 11.1 Å². The van der Waals surface area contributed by atoms with Crippen LogP contribution in [0.15, 0.2) is 36.4 Å². The molecule has 0 saturated carbocycles. The molecule has 1 unspecified atom stereocenters. The first-order valence-electron chi connectivity index (χ1n) is 11.3. The van der Waals surface area contributed by atoms with Gasteiger partial charge in [0.25, 0.3) is 5.91 Å². The number of nitrogens with one attached hydrogen (secondary N) is 2. The standard InChI is InChI=1S/C24H28F3N3O4S/c1-24(2,32)23(31)30-7-6-20(29-35(28,33)18-12-34-13-18)21(30)10-14-4-3-5-19(22(14)27)15-8-16(25)11-17(26)9-15/h3-5,8-9,11,18,20-21,32H,6-7,10,12-13H2,1-2H3,(H2,28,29,33)/t20-,21-,35?/m0/s1. The summed E-state index contributed by atoms with van der Waals surface area (Å²) in [6.45, 7) is 3.32. The van der Waals surface area contributed by atoms with Crippen molar-refractivity contribution in [3.05, 3.63) is 59.4 Å². The van der Waals surface area contributed by atoms with Crippen molar-refractivity contribution in [2.45, 2.75) is 49.6 Å². The summed E-state index contributed by atoms with van der Waals surface area (Å²) < 4.78 is 72.2. The smallest absolute Gasteiger partial charge is 0.254 e. The predicted molar refractivity (Wildman–Crippen MR) is 124 cm³/mol. The fraction of sp³-hybridized carbons (Fsp3) is 0.458. The summed E-state index contributed by atoms with van der Waals surface area (Å²) in [4.78, 5) is 14.4. The van der Waals surface area contributed by atoms with E-state index in [1.165, 1.54) is 30.9 Å². The first-order chi connectivity index (χ1) is 16.4. The number of likely N-dealkylation sites (tertiary alicyclic amines) is 1. The van der Waals surface area contributed by atoms with Gasteiger partial charge in [0.05, 0.1) is 19.3 Å². The summed E-state index contributed by atoms with van der Waals surface area (Å²) in [5, 5.41) is 9.84. The van der Waals surface area contributed by atoms with Crippen molar-refractivity contribution < 1.29 is 32.0 Å². The van der Waals surface area contributed by atoms with E-state index in [9.17, 15) is 22.9 Å². The molecule has 2 aromatic carbocycles. The second-order valence-electron chi connectivity index (χ2n) is 9.54. The van der Waals surface area contributed by atoms with Crippen LogP contribution >= 0.6 is 0 Å². The Bertz CT molecular complexity index is 1210. The molecule has 2 aliphatic rings. The number of hydrogen-bond acceptors (Lipinski definition) is 5. The first kappa shape index (κ1) is 25.6. The summed E-state index contributed by atoms with van der Waals surface area (Å²) in [7, 11) is -3.24. The number of ether oxygens (including phenoxy) is 1. The molecule has 2 aromatic rings. The molecular weight excluding hydrogens is 483 g/mol. The quantitative estimate of drug-likeness (QED) is 0.532. The lowest BCUT2D eigenvalue weighted by molar-refractivity contribution is -0.148. The van der Waals surface area contributed by atoms with Crippen LogP contribution in [-0.2, 0) is 25.9 Å². The van der Waals surface area contributed by atoms with E-state index < -0.39 is 56.2 Å². The molecule has 190 valence electrons. The molecule has 7 nitrogen and oxygen atoms in total. The van der Waals surface area contributed by atoms with Crippen LogP contribution in [0.2, 0.25) is 0 Å². The van der Waals surface area contributed by atoms with Gasteiger partial charge in [-0.05, 0) is 49.9 Å². The molecule has 0 spiro atoms. The normalized spacial score (nSPS) is 22.6. The van der Waals surface area contributed by atoms with Crippen LogP contribution in [0.25, 0.3) is 11.1 Å². The molecule has 1 amide bonds. The van der Waals surface area contributed by atoms with Gasteiger partial charge < -0.3 is 14.7 Å². The number of rotatable bonds is 7. The van der Waals surface area contributed by atoms with Gasteiger partial charge in [-0.1, -0.05) is 18.2 Å². The van der Waals surface area contributed by atoms with Gasteiger partial charge in [0.15, 0.2) is 0 Å². The second kappa shape index (κ2) is 9.53. The van der Waals surface area contributed by atoms with Gasteiger partial charge in [0.2, 0.25) is 0 Å². The first-order valence-corrected chi connectivity index (χ1v) is 12.9. The zero-order valence-corrected chi connectivity index (χ0v) is 20.2. The lowest BCUT2D eigenvalue weighted by Crippen LogP contribution is -2.55. The van der Waals surface area contributed by atoms with E-state index in [2.05, 4.69) is 4.72 Å². The third-order valence-electron chi connectivity index (χ3n) is 6.41. The minimum atomic E-state index is -3.24. The topological polar surface area (TPSA) is 103 Å². The second-order valence-corrected chi connectivity index (χ2v) is 11.6. The van der Waals surface area contributed by atoms with E-state index in [0.29, 0.717) is 12.5 Å². The number of nitrogens with zero attached hydrogens (tertiary/aromatic N) is 1. The third-order valence-corrected chi connectivity index (χ3v) is 8.28. The van der Waals surface area contributed by atoms with Gasteiger partial charge in [-0.3, -0.25) is 4.79 Å². The minimum absolute atomic E-state index is 0.000300. The Labute approximate surface area is 202 Å². The lowest BCUT2D eigenvalue weighted by atomic mass is 9.95. The molecule has 0 aliphatic carbocycles. The highest BCUT2D eigenvalue weighted by molar-refractivity contribution is 7.91. The average molecular weight is 512 g/mol. The van der Waals surface area contributed by atoms with E-state index in [4.69, 9.17) is 9.52 Å². The van der Waals surface area contributed by atoms with Gasteiger partial charge in [-0.25, -0.2) is 26.9 Å². The zero-order valence-electron chi connectivity index (χ0n) is 19.4. The summed E-state index contributed by atoms with van der Waals surface area (Å²) in [5.74, 6) is -2.94. The Morgan fingerprint density at radius 3 is 2.46 bits per heavy atom. The summed E-state index contributed by atoms with van der Waals surface area (Å²) in [6.07, 6.45) is 0.333. The van der Waals surface area contributed by atoms with Crippen molar-refractivity contribution in [2.24, 2.45) is 0 Å². The fourth-order valence-electron chi connectivity index (χ4n) is 4.47. The molecule has 35 heavy (non-hydrogen) atoms. The third kappa shape index (κ3) is 5.37. The number of benzene rings is 2. The number of hydrogen-bond donors (Lipinski definition) is 3. The monoisotopic (exact) mass is 511 g/mol. The maximum atomic E-state index is 15.6. The van der Waals surface area contributed by atoms with E-state index in [1.54, 1.807) is 6.07 Å². The van der Waals surface area contributed by atoms with Crippen LogP contribution in [0, 0.1) is 22.2 Å². The average Bonchev–Trinajstić information content (AvgIpc) is 3.07. The number of amides is 1. The highest BCUT2D eigenvalue weighted by Crippen LogP contribution is 2.31. The van der Waals surface area contributed by atoms with Crippen LogP contribution in [0.1, 0.15) is 25.8 Å². The van der Waals surface area contributed by atoms with Crippen LogP contribution in [0.5, 0.6) is 0 Å². The summed E-state index contributed by atoms with van der Waals surface area (Å²) in [5.41, 5.74) is -1.47. The number of halogens is 3. The van der Waals surface area contributed by atoms with E-state index >= 15 is 4.39 Å². The number of carbonyl (C=O) groups is 1. The summed E-state index contributed by atoms with van der Waals surface area (Å²) >= 11 is 0. The Kier molecular flexibility index (Phi) is 6.98. The Hall–Kier alpha value is -2.47. The van der Waals surface area contributed by atoms with Crippen molar-refractivity contribution >= 4 is 15.8 Å². The van der Waals surface area contributed by atoms with Gasteiger partial charge in [0.1, 0.15) is 38.2 Å². The molecular formula is C24H28F3N3O4S. The minimum Gasteiger partial charge on any atom is -0.381 e. The molecule has 2 saturated heterocycles. The molecule has 0 bridgehead atoms. The highest BCUT2D eigenvalue weighted by Gasteiger charge is 2.44. The van der Waals surface area contributed by atoms with E-state index in [0.717, 1.165) is 12.1 Å². The molecule has 0 radical (unpaired) electrons. The van der Waals surface area contributed by atoms with Crippen molar-refractivity contribution in [1.29, 1.82) is 4.78 Å². The Morgan fingerprint density at radius 1 is 1.23 bits per heavy atom. The van der Waals surface area contributed by atoms with Crippen molar-refractivity contribution in [2.75, 3.05) is 19.8 Å². The Balaban J connectivity index is 1.67. The van der Waals surface area contributed by atoms with E-state index in [-0.39, 0.29) is 42.9 Å². The van der Waals surface area contributed by atoms with Crippen molar-refractivity contribution in [1.82, 2.24) is 9.62 Å². The SMILES string of the molecule is CC(C)(O)C(=O)N1CC[C@H](NS(=N)(=O)C2COC2)[C@@H]1Cc1cccc(-c2cc(F)cc(F)c2)c1F.